The molecule has 1 heterocycles. The van der Waals surface area contributed by atoms with E-state index in [-0.39, 0.29) is 11.8 Å². The van der Waals surface area contributed by atoms with Crippen molar-refractivity contribution in [3.05, 3.63) is 35.4 Å². The van der Waals surface area contributed by atoms with Crippen molar-refractivity contribution in [3.8, 4) is 0 Å². The Bertz CT molecular complexity index is 534. The molecule has 2 rings (SSSR count). The van der Waals surface area contributed by atoms with Crippen LogP contribution in [0, 0.1) is 6.92 Å². The summed E-state index contributed by atoms with van der Waals surface area (Å²) in [7, 11) is 0. The molecule has 0 radical (unpaired) electrons. The van der Waals surface area contributed by atoms with E-state index in [1.165, 1.54) is 11.1 Å². The highest BCUT2D eigenvalue weighted by atomic mass is 16.2. The van der Waals surface area contributed by atoms with E-state index in [0.717, 1.165) is 19.3 Å². The first-order valence-electron chi connectivity index (χ1n) is 8.72. The molecule has 0 atom stereocenters. The van der Waals surface area contributed by atoms with Crippen LogP contribution in [-0.4, -0.2) is 47.8 Å². The predicted molar refractivity (Wildman–Crippen MR) is 92.2 cm³/mol. The lowest BCUT2D eigenvalue weighted by atomic mass is 10.0. The Morgan fingerprint density at radius 3 is 2.09 bits per heavy atom. The van der Waals surface area contributed by atoms with Crippen molar-refractivity contribution < 1.29 is 9.59 Å². The highest BCUT2D eigenvalue weighted by Gasteiger charge is 2.23. The van der Waals surface area contributed by atoms with Crippen molar-refractivity contribution in [2.75, 3.05) is 26.2 Å². The fraction of sp³-hybridized carbons (Fsp3) is 0.579. The van der Waals surface area contributed by atoms with Crippen LogP contribution in [0.15, 0.2) is 24.3 Å². The first-order valence-corrected chi connectivity index (χ1v) is 8.72. The van der Waals surface area contributed by atoms with Gasteiger partial charge in [0.25, 0.3) is 0 Å². The van der Waals surface area contributed by atoms with Crippen LogP contribution in [0.5, 0.6) is 0 Å². The molecule has 1 saturated heterocycles. The summed E-state index contributed by atoms with van der Waals surface area (Å²) in [5.74, 6) is 0.438. The Morgan fingerprint density at radius 2 is 1.52 bits per heavy atom. The van der Waals surface area contributed by atoms with Gasteiger partial charge in [-0.3, -0.25) is 9.59 Å². The van der Waals surface area contributed by atoms with E-state index in [2.05, 4.69) is 26.0 Å². The van der Waals surface area contributed by atoms with Crippen molar-refractivity contribution in [2.24, 2.45) is 0 Å². The highest BCUT2D eigenvalue weighted by Crippen LogP contribution is 2.12. The van der Waals surface area contributed by atoms with Crippen molar-refractivity contribution in [3.63, 3.8) is 0 Å². The van der Waals surface area contributed by atoms with Gasteiger partial charge in [-0.15, -0.1) is 0 Å². The number of nitrogens with zero attached hydrogens (tertiary/aromatic N) is 2. The molecule has 0 aromatic heterocycles. The Morgan fingerprint density at radius 1 is 0.957 bits per heavy atom. The lowest BCUT2D eigenvalue weighted by molar-refractivity contribution is -0.139. The van der Waals surface area contributed by atoms with Gasteiger partial charge < -0.3 is 9.80 Å². The summed E-state index contributed by atoms with van der Waals surface area (Å²) in [6, 6.07) is 8.22. The van der Waals surface area contributed by atoms with Crippen molar-refractivity contribution in [2.45, 2.75) is 46.0 Å². The summed E-state index contributed by atoms with van der Waals surface area (Å²) in [5.41, 5.74) is 2.49. The third kappa shape index (κ3) is 5.08. The van der Waals surface area contributed by atoms with Gasteiger partial charge >= 0.3 is 0 Å². The number of carbonyl (C=O) groups is 2. The Hall–Kier alpha value is -1.84. The molecule has 2 amide bonds. The van der Waals surface area contributed by atoms with E-state index < -0.39 is 0 Å². The molecule has 0 saturated carbocycles. The number of hydrogen-bond donors (Lipinski definition) is 0. The molecule has 0 spiro atoms. The van der Waals surface area contributed by atoms with Crippen LogP contribution in [0.3, 0.4) is 0 Å². The van der Waals surface area contributed by atoms with Crippen LogP contribution in [0.1, 0.15) is 43.7 Å². The van der Waals surface area contributed by atoms with E-state index in [4.69, 9.17) is 0 Å². The maximum Gasteiger partial charge on any atom is 0.223 e. The second-order valence-electron chi connectivity index (χ2n) is 6.29. The third-order valence-electron chi connectivity index (χ3n) is 4.60. The number of rotatable bonds is 6. The molecule has 1 fully saturated rings. The molecule has 1 aromatic carbocycles. The minimum Gasteiger partial charge on any atom is -0.339 e. The summed E-state index contributed by atoms with van der Waals surface area (Å²) in [4.78, 5) is 28.2. The molecule has 4 heteroatoms. The zero-order valence-electron chi connectivity index (χ0n) is 14.4. The van der Waals surface area contributed by atoms with Crippen molar-refractivity contribution in [1.29, 1.82) is 0 Å². The monoisotopic (exact) mass is 316 g/mol. The average Bonchev–Trinajstić information content (AvgIpc) is 2.59. The predicted octanol–water partition coefficient (Wildman–Crippen LogP) is 2.79. The fourth-order valence-corrected chi connectivity index (χ4v) is 2.98. The maximum atomic E-state index is 12.4. The first kappa shape index (κ1) is 17.5. The average molecular weight is 316 g/mol. The van der Waals surface area contributed by atoms with Crippen LogP contribution in [0.4, 0.5) is 0 Å². The molecule has 23 heavy (non-hydrogen) atoms. The van der Waals surface area contributed by atoms with Crippen LogP contribution in [0.25, 0.3) is 0 Å². The zero-order valence-corrected chi connectivity index (χ0v) is 14.4. The Kier molecular flexibility index (Phi) is 6.63. The molecule has 0 N–H and O–H groups in total. The Balaban J connectivity index is 1.75. The minimum absolute atomic E-state index is 0.203. The minimum atomic E-state index is 0.203. The quantitative estimate of drug-likeness (QED) is 0.810. The maximum absolute atomic E-state index is 12.4. The highest BCUT2D eigenvalue weighted by molar-refractivity contribution is 5.78. The van der Waals surface area contributed by atoms with Crippen molar-refractivity contribution in [1.82, 2.24) is 9.80 Å². The van der Waals surface area contributed by atoms with Gasteiger partial charge in [-0.25, -0.2) is 0 Å². The van der Waals surface area contributed by atoms with Crippen LogP contribution in [0.2, 0.25) is 0 Å². The molecule has 0 bridgehead atoms. The number of carbonyl (C=O) groups excluding carboxylic acids is 2. The molecule has 1 aliphatic rings. The fourth-order valence-electron chi connectivity index (χ4n) is 2.98. The summed E-state index contributed by atoms with van der Waals surface area (Å²) >= 11 is 0. The smallest absolute Gasteiger partial charge is 0.223 e. The molecule has 0 unspecified atom stereocenters. The lowest BCUT2D eigenvalue weighted by Gasteiger charge is -2.35. The number of piperazine rings is 1. The van der Waals surface area contributed by atoms with Gasteiger partial charge in [-0.05, 0) is 30.9 Å². The van der Waals surface area contributed by atoms with E-state index in [1.54, 1.807) is 0 Å². The number of benzene rings is 1. The number of unbranched alkanes of at least 4 members (excludes halogenated alkanes) is 1. The second-order valence-corrected chi connectivity index (χ2v) is 6.29. The topological polar surface area (TPSA) is 40.6 Å². The summed E-state index contributed by atoms with van der Waals surface area (Å²) < 4.78 is 0. The van der Waals surface area contributed by atoms with Gasteiger partial charge in [-0.2, -0.15) is 0 Å². The van der Waals surface area contributed by atoms with Crippen LogP contribution >= 0.6 is 0 Å². The summed E-state index contributed by atoms with van der Waals surface area (Å²) in [5, 5.41) is 0. The first-order chi connectivity index (χ1) is 11.1. The van der Waals surface area contributed by atoms with Crippen molar-refractivity contribution >= 4 is 11.8 Å². The SMILES string of the molecule is CCCCC(=O)N1CCN(C(=O)CCc2ccccc2C)CC1. The molecule has 0 aliphatic carbocycles. The Labute approximate surface area is 139 Å². The van der Waals surface area contributed by atoms with Gasteiger partial charge in [0.15, 0.2) is 0 Å². The molecule has 1 aromatic rings. The number of hydrogen-bond acceptors (Lipinski definition) is 2. The zero-order chi connectivity index (χ0) is 16.7. The van der Waals surface area contributed by atoms with Gasteiger partial charge in [-0.1, -0.05) is 37.6 Å². The summed E-state index contributed by atoms with van der Waals surface area (Å²) in [6.07, 6.45) is 3.98. The molecule has 1 aliphatic heterocycles. The number of amides is 2. The van der Waals surface area contributed by atoms with Crippen LogP contribution < -0.4 is 0 Å². The molecule has 4 nitrogen and oxygen atoms in total. The van der Waals surface area contributed by atoms with E-state index in [1.807, 2.05) is 21.9 Å². The number of aryl methyl sites for hydroxylation is 2. The molecular weight excluding hydrogens is 288 g/mol. The normalized spacial score (nSPS) is 14.9. The third-order valence-corrected chi connectivity index (χ3v) is 4.60. The largest absolute Gasteiger partial charge is 0.339 e. The molecule has 126 valence electrons. The van der Waals surface area contributed by atoms with E-state index in [9.17, 15) is 9.59 Å². The van der Waals surface area contributed by atoms with Gasteiger partial charge in [0.2, 0.25) is 11.8 Å². The van der Waals surface area contributed by atoms with Crippen LogP contribution in [-0.2, 0) is 16.0 Å². The van der Waals surface area contributed by atoms with Gasteiger partial charge in [0.05, 0.1) is 0 Å². The second kappa shape index (κ2) is 8.70. The van der Waals surface area contributed by atoms with E-state index in [0.29, 0.717) is 39.0 Å². The lowest BCUT2D eigenvalue weighted by Crippen LogP contribution is -2.50. The van der Waals surface area contributed by atoms with Gasteiger partial charge in [0, 0.05) is 39.0 Å². The van der Waals surface area contributed by atoms with E-state index >= 15 is 0 Å². The molecular formula is C19H28N2O2. The summed E-state index contributed by atoms with van der Waals surface area (Å²) in [6.45, 7) is 6.88. The standard InChI is InChI=1S/C19H28N2O2/c1-3-4-9-18(22)20-12-14-21(15-13-20)19(23)11-10-17-8-6-5-7-16(17)2/h5-8H,3-4,9-15H2,1-2H3. The van der Waals surface area contributed by atoms with Gasteiger partial charge in [0.1, 0.15) is 0 Å².